The van der Waals surface area contributed by atoms with E-state index in [0.29, 0.717) is 38.2 Å². The second-order valence-corrected chi connectivity index (χ2v) is 6.68. The molecule has 1 aromatic rings. The zero-order chi connectivity index (χ0) is 20.1. The van der Waals surface area contributed by atoms with Crippen molar-refractivity contribution in [3.8, 4) is 5.75 Å². The molecule has 7 nitrogen and oxygen atoms in total. The van der Waals surface area contributed by atoms with Crippen molar-refractivity contribution in [1.82, 2.24) is 16.0 Å². The van der Waals surface area contributed by atoms with Crippen LogP contribution >= 0.6 is 24.0 Å². The van der Waals surface area contributed by atoms with Gasteiger partial charge in [0.25, 0.3) is 0 Å². The van der Waals surface area contributed by atoms with Crippen LogP contribution in [-0.4, -0.2) is 51.8 Å². The minimum absolute atomic E-state index is 0. The van der Waals surface area contributed by atoms with E-state index >= 15 is 0 Å². The molecule has 1 rings (SSSR count). The number of hydrogen-bond donors (Lipinski definition) is 3. The highest BCUT2D eigenvalue weighted by Gasteiger charge is 2.09. The van der Waals surface area contributed by atoms with Gasteiger partial charge in [0.1, 0.15) is 12.3 Å². The maximum absolute atomic E-state index is 11.8. The number of halogens is 1. The molecule has 1 aromatic carbocycles. The SMILES string of the molecule is CCNC(=NCC(=O)NCCOC)NC(C)c1ccc(OCC(C)C)cc1.I. The first kappa shape index (κ1) is 26.4. The molecular weight excluding hydrogens is 471 g/mol. The van der Waals surface area contributed by atoms with Gasteiger partial charge in [-0.2, -0.15) is 0 Å². The largest absolute Gasteiger partial charge is 0.493 e. The number of nitrogens with one attached hydrogen (secondary N) is 3. The lowest BCUT2D eigenvalue weighted by atomic mass is 10.1. The van der Waals surface area contributed by atoms with Gasteiger partial charge in [-0.25, -0.2) is 4.99 Å². The number of methoxy groups -OCH3 is 1. The van der Waals surface area contributed by atoms with Crippen LogP contribution < -0.4 is 20.7 Å². The van der Waals surface area contributed by atoms with Crippen LogP contribution in [0.1, 0.15) is 39.3 Å². The van der Waals surface area contributed by atoms with E-state index in [4.69, 9.17) is 9.47 Å². The third-order valence-electron chi connectivity index (χ3n) is 3.67. The monoisotopic (exact) mass is 506 g/mol. The van der Waals surface area contributed by atoms with Crippen LogP contribution in [0.2, 0.25) is 0 Å². The first-order valence-corrected chi connectivity index (χ1v) is 9.49. The first-order chi connectivity index (χ1) is 13.0. The maximum atomic E-state index is 11.8. The molecule has 0 fully saturated rings. The van der Waals surface area contributed by atoms with Crippen molar-refractivity contribution in [2.75, 3.05) is 40.0 Å². The van der Waals surface area contributed by atoms with Crippen molar-refractivity contribution in [3.05, 3.63) is 29.8 Å². The van der Waals surface area contributed by atoms with Crippen molar-refractivity contribution >= 4 is 35.8 Å². The van der Waals surface area contributed by atoms with E-state index < -0.39 is 0 Å². The van der Waals surface area contributed by atoms with E-state index in [-0.39, 0.29) is 42.5 Å². The predicted octanol–water partition coefficient (Wildman–Crippen LogP) is 2.72. The minimum Gasteiger partial charge on any atom is -0.493 e. The van der Waals surface area contributed by atoms with Crippen LogP contribution in [0.5, 0.6) is 5.75 Å². The van der Waals surface area contributed by atoms with Gasteiger partial charge >= 0.3 is 0 Å². The molecule has 3 N–H and O–H groups in total. The van der Waals surface area contributed by atoms with Crippen LogP contribution in [-0.2, 0) is 9.53 Å². The van der Waals surface area contributed by atoms with Crippen molar-refractivity contribution in [2.45, 2.75) is 33.7 Å². The molecule has 0 aliphatic carbocycles. The Morgan fingerprint density at radius 2 is 1.82 bits per heavy atom. The average molecular weight is 506 g/mol. The van der Waals surface area contributed by atoms with Gasteiger partial charge in [0, 0.05) is 20.2 Å². The number of carbonyl (C=O) groups is 1. The molecule has 1 unspecified atom stereocenters. The lowest BCUT2D eigenvalue weighted by Gasteiger charge is -2.18. The fraction of sp³-hybridized carbons (Fsp3) is 0.600. The number of ether oxygens (including phenoxy) is 2. The first-order valence-electron chi connectivity index (χ1n) is 9.49. The molecule has 0 radical (unpaired) electrons. The van der Waals surface area contributed by atoms with Crippen LogP contribution in [0.4, 0.5) is 0 Å². The number of hydrogen-bond acceptors (Lipinski definition) is 4. The van der Waals surface area contributed by atoms with Gasteiger partial charge in [-0.05, 0) is 37.5 Å². The lowest BCUT2D eigenvalue weighted by Crippen LogP contribution is -2.40. The summed E-state index contributed by atoms with van der Waals surface area (Å²) in [5, 5.41) is 9.23. The third kappa shape index (κ3) is 11.3. The van der Waals surface area contributed by atoms with Crippen molar-refractivity contribution in [1.29, 1.82) is 0 Å². The molecule has 0 aliphatic heterocycles. The molecular formula is C20H35IN4O3. The third-order valence-corrected chi connectivity index (χ3v) is 3.67. The van der Waals surface area contributed by atoms with Gasteiger partial charge in [0.2, 0.25) is 5.91 Å². The van der Waals surface area contributed by atoms with Crippen LogP contribution in [0.25, 0.3) is 0 Å². The Kier molecular flexibility index (Phi) is 14.5. The predicted molar refractivity (Wildman–Crippen MR) is 125 cm³/mol. The standard InChI is InChI=1S/C20H34N4O3.HI/c1-6-21-20(23-13-19(25)22-11-12-26-5)24-16(4)17-7-9-18(10-8-17)27-14-15(2)3;/h7-10,15-16H,6,11-14H2,1-5H3,(H,22,25)(H2,21,23,24);1H. The molecule has 160 valence electrons. The molecule has 0 aliphatic rings. The van der Waals surface area contributed by atoms with Crippen molar-refractivity contribution in [3.63, 3.8) is 0 Å². The molecule has 0 spiro atoms. The van der Waals surface area contributed by atoms with Crippen LogP contribution in [0, 0.1) is 5.92 Å². The minimum atomic E-state index is -0.136. The molecule has 0 saturated heterocycles. The molecule has 0 heterocycles. The number of nitrogens with zero attached hydrogens (tertiary/aromatic N) is 1. The lowest BCUT2D eigenvalue weighted by molar-refractivity contribution is -0.119. The number of aliphatic imine (C=N–C) groups is 1. The van der Waals surface area contributed by atoms with Gasteiger partial charge in [0.15, 0.2) is 5.96 Å². The zero-order valence-corrected chi connectivity index (χ0v) is 19.9. The smallest absolute Gasteiger partial charge is 0.241 e. The Morgan fingerprint density at radius 1 is 1.14 bits per heavy atom. The van der Waals surface area contributed by atoms with Gasteiger partial charge in [0.05, 0.1) is 19.3 Å². The number of guanidine groups is 1. The topological polar surface area (TPSA) is 84.0 Å². The summed E-state index contributed by atoms with van der Waals surface area (Å²) in [6.07, 6.45) is 0. The zero-order valence-electron chi connectivity index (χ0n) is 17.6. The highest BCUT2D eigenvalue weighted by Crippen LogP contribution is 2.18. The second-order valence-electron chi connectivity index (χ2n) is 6.68. The maximum Gasteiger partial charge on any atom is 0.241 e. The Bertz CT molecular complexity index is 579. The van der Waals surface area contributed by atoms with Crippen molar-refractivity contribution < 1.29 is 14.3 Å². The molecule has 0 aromatic heterocycles. The fourth-order valence-electron chi connectivity index (χ4n) is 2.22. The molecule has 0 saturated carbocycles. The number of carbonyl (C=O) groups excluding carboxylic acids is 1. The summed E-state index contributed by atoms with van der Waals surface area (Å²) in [6, 6.07) is 8.06. The number of rotatable bonds is 11. The van der Waals surface area contributed by atoms with Crippen LogP contribution in [0.3, 0.4) is 0 Å². The number of amides is 1. The van der Waals surface area contributed by atoms with E-state index in [9.17, 15) is 4.79 Å². The Morgan fingerprint density at radius 3 is 2.39 bits per heavy atom. The van der Waals surface area contributed by atoms with Gasteiger partial charge in [-0.1, -0.05) is 26.0 Å². The summed E-state index contributed by atoms with van der Waals surface area (Å²) in [7, 11) is 1.60. The van der Waals surface area contributed by atoms with Gasteiger partial charge < -0.3 is 25.4 Å². The van der Waals surface area contributed by atoms with E-state index in [2.05, 4.69) is 41.7 Å². The summed E-state index contributed by atoms with van der Waals surface area (Å²) in [4.78, 5) is 16.1. The fourth-order valence-corrected chi connectivity index (χ4v) is 2.22. The van der Waals surface area contributed by atoms with E-state index in [0.717, 1.165) is 11.3 Å². The van der Waals surface area contributed by atoms with Crippen molar-refractivity contribution in [2.24, 2.45) is 10.9 Å². The van der Waals surface area contributed by atoms with Crippen LogP contribution in [0.15, 0.2) is 29.3 Å². The quantitative estimate of drug-likeness (QED) is 0.186. The van der Waals surface area contributed by atoms with Gasteiger partial charge in [-0.15, -0.1) is 24.0 Å². The molecule has 1 amide bonds. The molecule has 28 heavy (non-hydrogen) atoms. The summed E-state index contributed by atoms with van der Waals surface area (Å²) < 4.78 is 10.6. The molecule has 8 heteroatoms. The Labute approximate surface area is 186 Å². The highest BCUT2D eigenvalue weighted by atomic mass is 127. The van der Waals surface area contributed by atoms with E-state index in [1.807, 2.05) is 31.2 Å². The summed E-state index contributed by atoms with van der Waals surface area (Å²) in [6.45, 7) is 10.7. The summed E-state index contributed by atoms with van der Waals surface area (Å²) in [5.74, 6) is 1.83. The second kappa shape index (κ2) is 15.4. The van der Waals surface area contributed by atoms with Gasteiger partial charge in [-0.3, -0.25) is 4.79 Å². The number of benzene rings is 1. The Balaban J connectivity index is 0.00000729. The molecule has 0 bridgehead atoms. The highest BCUT2D eigenvalue weighted by molar-refractivity contribution is 14.0. The normalized spacial score (nSPS) is 12.1. The summed E-state index contributed by atoms with van der Waals surface area (Å²) >= 11 is 0. The van der Waals surface area contributed by atoms with E-state index in [1.54, 1.807) is 7.11 Å². The molecule has 1 atom stereocenters. The van der Waals surface area contributed by atoms with E-state index in [1.165, 1.54) is 0 Å². The average Bonchev–Trinajstić information content (AvgIpc) is 2.65. The summed E-state index contributed by atoms with van der Waals surface area (Å²) in [5.41, 5.74) is 1.11. The Hall–Kier alpha value is -1.55.